The van der Waals surface area contributed by atoms with Crippen LogP contribution in [0.15, 0.2) is 37.2 Å². The van der Waals surface area contributed by atoms with Crippen LogP contribution in [0.5, 0.6) is 0 Å². The van der Waals surface area contributed by atoms with Crippen molar-refractivity contribution in [3.8, 4) is 0 Å². The molecule has 1 aromatic heterocycles. The number of amides is 1. The van der Waals surface area contributed by atoms with Crippen LogP contribution in [0.4, 0.5) is 0 Å². The van der Waals surface area contributed by atoms with E-state index in [1.165, 1.54) is 6.08 Å². The lowest BCUT2D eigenvalue weighted by Gasteiger charge is -2.03. The largest absolute Gasteiger partial charge is 0.352 e. The average molecular weight is 205 g/mol. The molecule has 0 atom stereocenters. The van der Waals surface area contributed by atoms with E-state index in [1.807, 2.05) is 0 Å². The minimum absolute atomic E-state index is 0.163. The van der Waals surface area contributed by atoms with Gasteiger partial charge in [0, 0.05) is 30.9 Å². The van der Waals surface area contributed by atoms with Crippen molar-refractivity contribution in [1.82, 2.24) is 15.3 Å². The Morgan fingerprint density at radius 1 is 1.67 bits per heavy atom. The molecule has 0 spiro atoms. The maximum atomic E-state index is 11.2. The summed E-state index contributed by atoms with van der Waals surface area (Å²) < 4.78 is 0. The highest BCUT2D eigenvalue weighted by Gasteiger charge is 2.01. The highest BCUT2D eigenvalue weighted by molar-refractivity contribution is 5.95. The van der Waals surface area contributed by atoms with Gasteiger partial charge in [0.25, 0.3) is 5.91 Å². The van der Waals surface area contributed by atoms with Crippen molar-refractivity contribution in [2.45, 2.75) is 12.8 Å². The van der Waals surface area contributed by atoms with Gasteiger partial charge < -0.3 is 10.3 Å². The smallest absolute Gasteiger partial charge is 0.250 e. The Labute approximate surface area is 89.1 Å². The maximum absolute atomic E-state index is 11.2. The molecule has 0 fully saturated rings. The molecule has 1 heterocycles. The van der Waals surface area contributed by atoms with E-state index in [-0.39, 0.29) is 5.91 Å². The molecule has 0 aliphatic carbocycles. The standard InChI is InChI=1S/C11H15N3O/c1-3-9(2)11(15)14-6-4-5-10-12-7-8-13-10/h3,7-8H,1-2,4-6H2,(H,12,13)(H,14,15). The molecular weight excluding hydrogens is 190 g/mol. The fourth-order valence-corrected chi connectivity index (χ4v) is 1.10. The molecule has 80 valence electrons. The van der Waals surface area contributed by atoms with Gasteiger partial charge in [-0.25, -0.2) is 4.98 Å². The minimum Gasteiger partial charge on any atom is -0.352 e. The zero-order valence-electron chi connectivity index (χ0n) is 8.62. The van der Waals surface area contributed by atoms with E-state index in [2.05, 4.69) is 28.4 Å². The number of hydrogen-bond donors (Lipinski definition) is 2. The van der Waals surface area contributed by atoms with Gasteiger partial charge in [-0.3, -0.25) is 4.79 Å². The number of aromatic amines is 1. The number of imidazole rings is 1. The van der Waals surface area contributed by atoms with Gasteiger partial charge in [0.15, 0.2) is 0 Å². The quantitative estimate of drug-likeness (QED) is 0.416. The minimum atomic E-state index is -0.163. The highest BCUT2D eigenvalue weighted by Crippen LogP contribution is 1.94. The average Bonchev–Trinajstić information content (AvgIpc) is 2.75. The molecule has 1 aromatic rings. The molecule has 1 rings (SSSR count). The van der Waals surface area contributed by atoms with Crippen LogP contribution in [0.25, 0.3) is 0 Å². The third-order valence-corrected chi connectivity index (χ3v) is 1.97. The third kappa shape index (κ3) is 3.81. The summed E-state index contributed by atoms with van der Waals surface area (Å²) in [6.45, 7) is 7.65. The Morgan fingerprint density at radius 2 is 2.47 bits per heavy atom. The van der Waals surface area contributed by atoms with E-state index in [4.69, 9.17) is 0 Å². The van der Waals surface area contributed by atoms with E-state index in [0.29, 0.717) is 12.1 Å². The zero-order valence-corrected chi connectivity index (χ0v) is 8.62. The molecule has 0 radical (unpaired) electrons. The van der Waals surface area contributed by atoms with E-state index in [1.54, 1.807) is 12.4 Å². The number of carbonyl (C=O) groups excluding carboxylic acids is 1. The monoisotopic (exact) mass is 205 g/mol. The first-order chi connectivity index (χ1) is 7.24. The molecular formula is C11H15N3O. The number of carbonyl (C=O) groups is 1. The molecule has 4 nitrogen and oxygen atoms in total. The van der Waals surface area contributed by atoms with Gasteiger partial charge in [0.05, 0.1) is 0 Å². The molecule has 0 unspecified atom stereocenters. The van der Waals surface area contributed by atoms with Crippen LogP contribution in [-0.2, 0) is 11.2 Å². The number of nitrogens with one attached hydrogen (secondary N) is 2. The highest BCUT2D eigenvalue weighted by atomic mass is 16.1. The van der Waals surface area contributed by atoms with E-state index < -0.39 is 0 Å². The third-order valence-electron chi connectivity index (χ3n) is 1.97. The summed E-state index contributed by atoms with van der Waals surface area (Å²) in [6.07, 6.45) is 6.63. The van der Waals surface area contributed by atoms with Gasteiger partial charge in [-0.1, -0.05) is 19.2 Å². The van der Waals surface area contributed by atoms with Crippen molar-refractivity contribution in [2.75, 3.05) is 6.54 Å². The molecule has 0 aromatic carbocycles. The number of aryl methyl sites for hydroxylation is 1. The van der Waals surface area contributed by atoms with E-state index in [0.717, 1.165) is 18.7 Å². The van der Waals surface area contributed by atoms with Crippen molar-refractivity contribution in [3.63, 3.8) is 0 Å². The second-order valence-electron chi connectivity index (χ2n) is 3.12. The van der Waals surface area contributed by atoms with Crippen LogP contribution < -0.4 is 5.32 Å². The molecule has 0 saturated heterocycles. The summed E-state index contributed by atoms with van der Waals surface area (Å²) >= 11 is 0. The van der Waals surface area contributed by atoms with E-state index in [9.17, 15) is 4.79 Å². The Morgan fingerprint density at radius 3 is 3.07 bits per heavy atom. The Kier molecular flexibility index (Phi) is 4.34. The molecule has 0 saturated carbocycles. The lowest BCUT2D eigenvalue weighted by molar-refractivity contribution is -0.117. The first-order valence-electron chi connectivity index (χ1n) is 4.82. The molecule has 0 bridgehead atoms. The predicted molar refractivity (Wildman–Crippen MR) is 59.3 cm³/mol. The fourth-order valence-electron chi connectivity index (χ4n) is 1.10. The topological polar surface area (TPSA) is 57.8 Å². The van der Waals surface area contributed by atoms with Gasteiger partial charge >= 0.3 is 0 Å². The van der Waals surface area contributed by atoms with Crippen LogP contribution in [0.1, 0.15) is 12.2 Å². The number of H-pyrrole nitrogens is 1. The van der Waals surface area contributed by atoms with Crippen molar-refractivity contribution in [3.05, 3.63) is 43.0 Å². The van der Waals surface area contributed by atoms with Crippen LogP contribution in [-0.4, -0.2) is 22.4 Å². The fraction of sp³-hybridized carbons (Fsp3) is 0.273. The molecule has 15 heavy (non-hydrogen) atoms. The second kappa shape index (κ2) is 5.80. The lowest BCUT2D eigenvalue weighted by Crippen LogP contribution is -2.25. The molecule has 0 aliphatic heterocycles. The van der Waals surface area contributed by atoms with Gasteiger partial charge in [-0.2, -0.15) is 0 Å². The Bertz CT molecular complexity index is 341. The summed E-state index contributed by atoms with van der Waals surface area (Å²) in [6, 6.07) is 0. The maximum Gasteiger partial charge on any atom is 0.250 e. The normalized spacial score (nSPS) is 9.60. The summed E-state index contributed by atoms with van der Waals surface area (Å²) in [5, 5.41) is 2.74. The van der Waals surface area contributed by atoms with Crippen molar-refractivity contribution < 1.29 is 4.79 Å². The molecule has 1 amide bonds. The number of aromatic nitrogens is 2. The zero-order chi connectivity index (χ0) is 11.1. The summed E-state index contributed by atoms with van der Waals surface area (Å²) in [4.78, 5) is 18.3. The number of nitrogens with zero attached hydrogens (tertiary/aromatic N) is 1. The first kappa shape index (κ1) is 11.2. The number of hydrogen-bond acceptors (Lipinski definition) is 2. The van der Waals surface area contributed by atoms with Crippen LogP contribution in [0, 0.1) is 0 Å². The molecule has 2 N–H and O–H groups in total. The van der Waals surface area contributed by atoms with Gasteiger partial charge in [-0.15, -0.1) is 0 Å². The van der Waals surface area contributed by atoms with Crippen molar-refractivity contribution >= 4 is 5.91 Å². The van der Waals surface area contributed by atoms with Gasteiger partial charge in [0.2, 0.25) is 0 Å². The van der Waals surface area contributed by atoms with Crippen LogP contribution in [0.2, 0.25) is 0 Å². The van der Waals surface area contributed by atoms with E-state index >= 15 is 0 Å². The lowest BCUT2D eigenvalue weighted by atomic mass is 10.2. The molecule has 4 heteroatoms. The van der Waals surface area contributed by atoms with Gasteiger partial charge in [0.1, 0.15) is 5.82 Å². The second-order valence-corrected chi connectivity index (χ2v) is 3.12. The predicted octanol–water partition coefficient (Wildman–Crippen LogP) is 1.20. The van der Waals surface area contributed by atoms with Crippen molar-refractivity contribution in [2.24, 2.45) is 0 Å². The first-order valence-corrected chi connectivity index (χ1v) is 4.82. The van der Waals surface area contributed by atoms with Crippen LogP contribution >= 0.6 is 0 Å². The summed E-state index contributed by atoms with van der Waals surface area (Å²) in [7, 11) is 0. The number of rotatable bonds is 6. The van der Waals surface area contributed by atoms with Crippen molar-refractivity contribution in [1.29, 1.82) is 0 Å². The Balaban J connectivity index is 2.14. The SMILES string of the molecule is C=CC(=C)C(=O)NCCCc1ncc[nH]1. The molecule has 0 aliphatic rings. The van der Waals surface area contributed by atoms with Gasteiger partial charge in [-0.05, 0) is 6.42 Å². The summed E-state index contributed by atoms with van der Waals surface area (Å²) in [5.41, 5.74) is 0.396. The summed E-state index contributed by atoms with van der Waals surface area (Å²) in [5.74, 6) is 0.774. The van der Waals surface area contributed by atoms with Crippen LogP contribution in [0.3, 0.4) is 0 Å². The Hall–Kier alpha value is -1.84.